The van der Waals surface area contributed by atoms with Crippen LogP contribution < -0.4 is 5.32 Å². The van der Waals surface area contributed by atoms with Crippen LogP contribution in [0.5, 0.6) is 0 Å². The van der Waals surface area contributed by atoms with E-state index in [1.165, 1.54) is 30.3 Å². The van der Waals surface area contributed by atoms with Crippen LogP contribution in [0.2, 0.25) is 0 Å². The molecule has 29 heavy (non-hydrogen) atoms. The van der Waals surface area contributed by atoms with Gasteiger partial charge in [-0.3, -0.25) is 0 Å². The normalized spacial score (nSPS) is 15.9. The van der Waals surface area contributed by atoms with Gasteiger partial charge in [0.15, 0.2) is 5.11 Å². The Bertz CT molecular complexity index is 1000. The molecule has 1 aliphatic heterocycles. The van der Waals surface area contributed by atoms with Crippen molar-refractivity contribution in [2.45, 2.75) is 11.1 Å². The van der Waals surface area contributed by atoms with Crippen LogP contribution in [0, 0.1) is 5.82 Å². The highest BCUT2D eigenvalue weighted by molar-refractivity contribution is 7.89. The highest BCUT2D eigenvalue weighted by atomic mass is 32.2. The van der Waals surface area contributed by atoms with E-state index in [2.05, 4.69) is 5.32 Å². The van der Waals surface area contributed by atoms with E-state index >= 15 is 0 Å². The van der Waals surface area contributed by atoms with E-state index < -0.39 is 32.5 Å². The molecule has 0 aromatic heterocycles. The van der Waals surface area contributed by atoms with Crippen LogP contribution in [0.1, 0.15) is 5.56 Å². The topological polar surface area (TPSA) is 52.7 Å². The number of hydrogen-bond acceptors (Lipinski definition) is 3. The summed E-state index contributed by atoms with van der Waals surface area (Å²) in [5.74, 6) is -0.823. The Morgan fingerprint density at radius 1 is 1.00 bits per heavy atom. The minimum Gasteiger partial charge on any atom is -0.346 e. The van der Waals surface area contributed by atoms with Gasteiger partial charge in [0.2, 0.25) is 10.0 Å². The second-order valence-electron chi connectivity index (χ2n) is 6.33. The molecule has 0 amide bonds. The second-order valence-corrected chi connectivity index (χ2v) is 8.62. The van der Waals surface area contributed by atoms with Gasteiger partial charge in [0.1, 0.15) is 10.7 Å². The molecule has 1 heterocycles. The molecule has 5 nitrogen and oxygen atoms in total. The lowest BCUT2D eigenvalue weighted by Gasteiger charge is -2.35. The number of anilines is 1. The van der Waals surface area contributed by atoms with E-state index in [1.807, 2.05) is 0 Å². The number of nitrogens with one attached hydrogen (secondary N) is 1. The lowest BCUT2D eigenvalue weighted by molar-refractivity contribution is -0.137. The van der Waals surface area contributed by atoms with Gasteiger partial charge in [-0.1, -0.05) is 18.2 Å². The number of hydrogen-bond donors (Lipinski definition) is 1. The average Bonchev–Trinajstić information content (AvgIpc) is 2.68. The molecule has 1 saturated heterocycles. The monoisotopic (exact) mass is 447 g/mol. The molecule has 156 valence electrons. The van der Waals surface area contributed by atoms with E-state index in [1.54, 1.807) is 4.90 Å². The number of alkyl halides is 3. The fourth-order valence-electron chi connectivity index (χ4n) is 2.90. The van der Waals surface area contributed by atoms with Crippen molar-refractivity contribution in [2.24, 2.45) is 0 Å². The molecule has 1 aliphatic rings. The molecule has 1 N–H and O–H groups in total. The van der Waals surface area contributed by atoms with Crippen molar-refractivity contribution < 1.29 is 26.0 Å². The van der Waals surface area contributed by atoms with Crippen molar-refractivity contribution in [3.8, 4) is 0 Å². The fourth-order valence-corrected chi connectivity index (χ4v) is 4.69. The molecule has 0 atom stereocenters. The quantitative estimate of drug-likeness (QED) is 0.576. The molecule has 11 heteroatoms. The molecule has 0 saturated carbocycles. The van der Waals surface area contributed by atoms with Gasteiger partial charge in [-0.25, -0.2) is 12.8 Å². The Morgan fingerprint density at radius 3 is 2.28 bits per heavy atom. The zero-order chi connectivity index (χ0) is 21.2. The molecule has 2 aromatic rings. The summed E-state index contributed by atoms with van der Waals surface area (Å²) in [7, 11) is -3.98. The third-order valence-electron chi connectivity index (χ3n) is 4.42. The first-order chi connectivity index (χ1) is 13.6. The number of sulfonamides is 1. The number of thiocarbonyl (C=S) groups is 1. The first-order valence-corrected chi connectivity index (χ1v) is 10.4. The minimum absolute atomic E-state index is 0.0705. The highest BCUT2D eigenvalue weighted by Crippen LogP contribution is 2.30. The van der Waals surface area contributed by atoms with Crippen LogP contribution >= 0.6 is 12.2 Å². The van der Waals surface area contributed by atoms with E-state index in [4.69, 9.17) is 12.2 Å². The molecule has 0 radical (unpaired) electrons. The second kappa shape index (κ2) is 8.25. The molecular weight excluding hydrogens is 430 g/mol. The maximum Gasteiger partial charge on any atom is 0.416 e. The lowest BCUT2D eigenvalue weighted by Crippen LogP contribution is -2.51. The van der Waals surface area contributed by atoms with Crippen LogP contribution in [0.4, 0.5) is 23.2 Å². The molecule has 1 fully saturated rings. The van der Waals surface area contributed by atoms with Crippen molar-refractivity contribution in [3.63, 3.8) is 0 Å². The van der Waals surface area contributed by atoms with Crippen molar-refractivity contribution in [2.75, 3.05) is 31.5 Å². The van der Waals surface area contributed by atoms with Crippen molar-refractivity contribution in [3.05, 3.63) is 59.9 Å². The summed E-state index contributed by atoms with van der Waals surface area (Å²) >= 11 is 5.24. The van der Waals surface area contributed by atoms with Gasteiger partial charge in [-0.2, -0.15) is 17.5 Å². The molecule has 2 aromatic carbocycles. The standard InChI is InChI=1S/C18H17F4N3O2S2/c19-15-6-1-2-7-16(15)29(26,27)25-10-8-24(9-11-25)17(28)23-14-5-3-4-13(12-14)18(20,21)22/h1-7,12H,8-11H2,(H,23,28). The third-order valence-corrected chi connectivity index (χ3v) is 6.71. The zero-order valence-corrected chi connectivity index (χ0v) is 16.6. The Kier molecular flexibility index (Phi) is 6.11. The Morgan fingerprint density at radius 2 is 1.66 bits per heavy atom. The summed E-state index contributed by atoms with van der Waals surface area (Å²) in [6, 6.07) is 9.78. The van der Waals surface area contributed by atoms with E-state index in [-0.39, 0.29) is 37.0 Å². The average molecular weight is 447 g/mol. The predicted molar refractivity (Wildman–Crippen MR) is 104 cm³/mol. The predicted octanol–water partition coefficient (Wildman–Crippen LogP) is 3.55. The molecular formula is C18H17F4N3O2S2. The van der Waals surface area contributed by atoms with Gasteiger partial charge in [0, 0.05) is 31.9 Å². The largest absolute Gasteiger partial charge is 0.416 e. The fraction of sp³-hybridized carbons (Fsp3) is 0.278. The van der Waals surface area contributed by atoms with E-state index in [9.17, 15) is 26.0 Å². The lowest BCUT2D eigenvalue weighted by atomic mass is 10.2. The summed E-state index contributed by atoms with van der Waals surface area (Å²) in [6.07, 6.45) is -4.47. The number of benzene rings is 2. The minimum atomic E-state index is -4.47. The maximum atomic E-state index is 13.9. The molecule has 0 unspecified atom stereocenters. The van der Waals surface area contributed by atoms with Crippen LogP contribution in [0.25, 0.3) is 0 Å². The first kappa shape index (κ1) is 21.5. The summed E-state index contributed by atoms with van der Waals surface area (Å²) in [4.78, 5) is 1.27. The maximum absolute atomic E-state index is 13.9. The molecule has 0 aliphatic carbocycles. The zero-order valence-electron chi connectivity index (χ0n) is 15.0. The highest BCUT2D eigenvalue weighted by Gasteiger charge is 2.32. The van der Waals surface area contributed by atoms with Crippen LogP contribution in [0.15, 0.2) is 53.4 Å². The van der Waals surface area contributed by atoms with E-state index in [0.717, 1.165) is 22.5 Å². The summed E-state index contributed by atoms with van der Waals surface area (Å²) < 4.78 is 78.7. The van der Waals surface area contributed by atoms with Crippen LogP contribution in [-0.2, 0) is 16.2 Å². The number of rotatable bonds is 3. The van der Waals surface area contributed by atoms with Gasteiger partial charge in [-0.15, -0.1) is 0 Å². The number of piperazine rings is 1. The van der Waals surface area contributed by atoms with Gasteiger partial charge < -0.3 is 10.2 Å². The van der Waals surface area contributed by atoms with E-state index in [0.29, 0.717) is 0 Å². The molecule has 0 bridgehead atoms. The van der Waals surface area contributed by atoms with Crippen molar-refractivity contribution in [1.82, 2.24) is 9.21 Å². The van der Waals surface area contributed by atoms with Crippen LogP contribution in [-0.4, -0.2) is 48.9 Å². The van der Waals surface area contributed by atoms with Gasteiger partial charge in [0.25, 0.3) is 0 Å². The SMILES string of the molecule is O=S(=O)(c1ccccc1F)N1CCN(C(=S)Nc2cccc(C(F)(F)F)c2)CC1. The number of halogens is 4. The summed E-state index contributed by atoms with van der Waals surface area (Å²) in [5.41, 5.74) is -0.614. The van der Waals surface area contributed by atoms with Gasteiger partial charge >= 0.3 is 6.18 Å². The third kappa shape index (κ3) is 4.85. The smallest absolute Gasteiger partial charge is 0.346 e. The number of nitrogens with zero attached hydrogens (tertiary/aromatic N) is 2. The Balaban J connectivity index is 1.64. The first-order valence-electron chi connectivity index (χ1n) is 8.57. The van der Waals surface area contributed by atoms with Crippen molar-refractivity contribution >= 4 is 33.0 Å². The molecule has 0 spiro atoms. The van der Waals surface area contributed by atoms with Gasteiger partial charge in [-0.05, 0) is 42.5 Å². The Labute approximate surface area is 171 Å². The molecule has 3 rings (SSSR count). The Hall–Kier alpha value is -2.24. The van der Waals surface area contributed by atoms with Gasteiger partial charge in [0.05, 0.1) is 5.56 Å². The van der Waals surface area contributed by atoms with Crippen LogP contribution in [0.3, 0.4) is 0 Å². The van der Waals surface area contributed by atoms with Crippen molar-refractivity contribution in [1.29, 1.82) is 0 Å². The summed E-state index contributed by atoms with van der Waals surface area (Å²) in [6.45, 7) is 0.582. The summed E-state index contributed by atoms with van der Waals surface area (Å²) in [5, 5.41) is 2.94.